The van der Waals surface area contributed by atoms with E-state index in [1.165, 1.54) is 25.9 Å². The van der Waals surface area contributed by atoms with E-state index in [0.29, 0.717) is 17.2 Å². The lowest BCUT2D eigenvalue weighted by Gasteiger charge is -2.38. The van der Waals surface area contributed by atoms with Crippen LogP contribution in [0.15, 0.2) is 12.4 Å². The van der Waals surface area contributed by atoms with Gasteiger partial charge in [-0.05, 0) is 30.6 Å². The minimum atomic E-state index is -0.489. The number of rotatable bonds is 3. The molecule has 0 saturated heterocycles. The highest BCUT2D eigenvalue weighted by molar-refractivity contribution is 5.86. The molecule has 0 N–H and O–H groups in total. The fourth-order valence-corrected chi connectivity index (χ4v) is 3.11. The molecule has 1 fully saturated rings. The molecule has 1 heterocycles. The van der Waals surface area contributed by atoms with Crippen molar-refractivity contribution in [2.45, 2.75) is 46.1 Å². The highest BCUT2D eigenvalue weighted by Gasteiger charge is 2.33. The van der Waals surface area contributed by atoms with Crippen molar-refractivity contribution in [3.8, 4) is 5.88 Å². The van der Waals surface area contributed by atoms with Gasteiger partial charge in [0.25, 0.3) is 0 Å². The number of carbonyl (C=O) groups excluding carboxylic acids is 1. The van der Waals surface area contributed by atoms with Gasteiger partial charge in [-0.1, -0.05) is 20.8 Å². The Morgan fingerprint density at radius 1 is 1.30 bits per heavy atom. The van der Waals surface area contributed by atoms with Gasteiger partial charge in [0.05, 0.1) is 19.5 Å². The number of aromatic nitrogens is 2. The Labute approximate surface area is 119 Å². The lowest BCUT2D eigenvalue weighted by Crippen LogP contribution is -2.34. The molecule has 2 atom stereocenters. The van der Waals surface area contributed by atoms with E-state index in [1.54, 1.807) is 0 Å². The fourth-order valence-electron chi connectivity index (χ4n) is 3.11. The largest absolute Gasteiger partial charge is 0.473 e. The van der Waals surface area contributed by atoms with Gasteiger partial charge in [0.2, 0.25) is 5.88 Å². The van der Waals surface area contributed by atoms with Gasteiger partial charge in [0.15, 0.2) is 5.69 Å². The van der Waals surface area contributed by atoms with Crippen molar-refractivity contribution in [3.05, 3.63) is 18.1 Å². The maximum Gasteiger partial charge on any atom is 0.358 e. The van der Waals surface area contributed by atoms with Gasteiger partial charge in [-0.2, -0.15) is 0 Å². The van der Waals surface area contributed by atoms with Crippen LogP contribution >= 0.6 is 0 Å². The SMILES string of the molecule is COC(=O)c1cnc(OC2CC(C)CC(C)(C)C2)cn1. The van der Waals surface area contributed by atoms with Gasteiger partial charge >= 0.3 is 5.97 Å². The van der Waals surface area contributed by atoms with Gasteiger partial charge in [0, 0.05) is 0 Å². The molecule has 5 heteroatoms. The first-order valence-corrected chi connectivity index (χ1v) is 6.96. The Balaban J connectivity index is 2.01. The molecular weight excluding hydrogens is 256 g/mol. The number of carbonyl (C=O) groups is 1. The Kier molecular flexibility index (Phi) is 4.26. The van der Waals surface area contributed by atoms with E-state index in [0.717, 1.165) is 12.8 Å². The zero-order valence-corrected chi connectivity index (χ0v) is 12.5. The number of ether oxygens (including phenoxy) is 2. The second-order valence-corrected chi connectivity index (χ2v) is 6.38. The molecule has 1 saturated carbocycles. The molecule has 1 aliphatic rings. The van der Waals surface area contributed by atoms with E-state index in [1.807, 2.05) is 0 Å². The van der Waals surface area contributed by atoms with Crippen LogP contribution in [0.3, 0.4) is 0 Å². The molecule has 2 unspecified atom stereocenters. The molecule has 5 nitrogen and oxygen atoms in total. The van der Waals surface area contributed by atoms with E-state index in [2.05, 4.69) is 35.5 Å². The van der Waals surface area contributed by atoms with Crippen LogP contribution < -0.4 is 4.74 Å². The second kappa shape index (κ2) is 5.77. The average Bonchev–Trinajstić information content (AvgIpc) is 2.36. The van der Waals surface area contributed by atoms with E-state index in [9.17, 15) is 4.79 Å². The van der Waals surface area contributed by atoms with Crippen LogP contribution in [0.2, 0.25) is 0 Å². The van der Waals surface area contributed by atoms with Crippen LogP contribution in [-0.4, -0.2) is 29.2 Å². The summed E-state index contributed by atoms with van der Waals surface area (Å²) in [6.07, 6.45) is 6.30. The zero-order chi connectivity index (χ0) is 14.8. The third kappa shape index (κ3) is 3.68. The summed E-state index contributed by atoms with van der Waals surface area (Å²) in [6.45, 7) is 6.79. The van der Waals surface area contributed by atoms with Crippen molar-refractivity contribution in [3.63, 3.8) is 0 Å². The molecule has 0 spiro atoms. The average molecular weight is 278 g/mol. The molecule has 0 radical (unpaired) electrons. The summed E-state index contributed by atoms with van der Waals surface area (Å²) in [4.78, 5) is 19.4. The molecule has 20 heavy (non-hydrogen) atoms. The van der Waals surface area contributed by atoms with Crippen molar-refractivity contribution >= 4 is 5.97 Å². The number of esters is 1. The third-order valence-corrected chi connectivity index (χ3v) is 3.66. The topological polar surface area (TPSA) is 61.3 Å². The third-order valence-electron chi connectivity index (χ3n) is 3.66. The number of methoxy groups -OCH3 is 1. The van der Waals surface area contributed by atoms with Crippen molar-refractivity contribution < 1.29 is 14.3 Å². The van der Waals surface area contributed by atoms with E-state index >= 15 is 0 Å². The standard InChI is InChI=1S/C15H22N2O3/c1-10-5-11(7-15(2,3)6-10)20-13-9-16-12(8-17-13)14(18)19-4/h8-11H,5-7H2,1-4H3. The molecule has 0 aromatic carbocycles. The van der Waals surface area contributed by atoms with Crippen molar-refractivity contribution in [1.82, 2.24) is 9.97 Å². The lowest BCUT2D eigenvalue weighted by molar-refractivity contribution is 0.0527. The minimum absolute atomic E-state index is 0.159. The van der Waals surface area contributed by atoms with Crippen LogP contribution in [-0.2, 0) is 4.74 Å². The molecular formula is C15H22N2O3. The maximum absolute atomic E-state index is 11.3. The Morgan fingerprint density at radius 2 is 2.05 bits per heavy atom. The van der Waals surface area contributed by atoms with E-state index in [-0.39, 0.29) is 11.8 Å². The van der Waals surface area contributed by atoms with Crippen LogP contribution in [0.4, 0.5) is 0 Å². The fraction of sp³-hybridized carbons (Fsp3) is 0.667. The molecule has 1 aromatic rings. The van der Waals surface area contributed by atoms with Crippen molar-refractivity contribution in [2.75, 3.05) is 7.11 Å². The summed E-state index contributed by atoms with van der Waals surface area (Å²) in [6, 6.07) is 0. The van der Waals surface area contributed by atoms with Crippen molar-refractivity contribution in [1.29, 1.82) is 0 Å². The minimum Gasteiger partial charge on any atom is -0.473 e. The first kappa shape index (κ1) is 14.8. The molecule has 0 amide bonds. The number of hydrogen-bond acceptors (Lipinski definition) is 5. The Bertz CT molecular complexity index is 471. The molecule has 0 aliphatic heterocycles. The summed E-state index contributed by atoms with van der Waals surface area (Å²) >= 11 is 0. The van der Waals surface area contributed by atoms with E-state index < -0.39 is 5.97 Å². The van der Waals surface area contributed by atoms with Gasteiger partial charge in [-0.3, -0.25) is 0 Å². The summed E-state index contributed by atoms with van der Waals surface area (Å²) in [7, 11) is 1.32. The quantitative estimate of drug-likeness (QED) is 0.796. The van der Waals surface area contributed by atoms with E-state index in [4.69, 9.17) is 4.74 Å². The Hall–Kier alpha value is -1.65. The van der Waals surface area contributed by atoms with Crippen LogP contribution in [0.5, 0.6) is 5.88 Å². The first-order valence-electron chi connectivity index (χ1n) is 6.96. The lowest BCUT2D eigenvalue weighted by atomic mass is 9.71. The monoisotopic (exact) mass is 278 g/mol. The predicted octanol–water partition coefficient (Wildman–Crippen LogP) is 2.86. The Morgan fingerprint density at radius 3 is 2.60 bits per heavy atom. The highest BCUT2D eigenvalue weighted by Crippen LogP contribution is 2.39. The highest BCUT2D eigenvalue weighted by atomic mass is 16.5. The van der Waals surface area contributed by atoms with Gasteiger partial charge in [-0.25, -0.2) is 14.8 Å². The summed E-state index contributed by atoms with van der Waals surface area (Å²) < 4.78 is 10.5. The number of hydrogen-bond donors (Lipinski definition) is 0. The molecule has 1 aromatic heterocycles. The molecule has 1 aliphatic carbocycles. The van der Waals surface area contributed by atoms with Crippen LogP contribution in [0.25, 0.3) is 0 Å². The summed E-state index contributed by atoms with van der Waals surface area (Å²) in [5, 5.41) is 0. The first-order chi connectivity index (χ1) is 9.39. The molecule has 0 bridgehead atoms. The summed E-state index contributed by atoms with van der Waals surface area (Å²) in [5.41, 5.74) is 0.485. The number of nitrogens with zero attached hydrogens (tertiary/aromatic N) is 2. The molecule has 2 rings (SSSR count). The van der Waals surface area contributed by atoms with Crippen molar-refractivity contribution in [2.24, 2.45) is 11.3 Å². The zero-order valence-electron chi connectivity index (χ0n) is 12.5. The normalized spacial score (nSPS) is 25.0. The summed E-state index contributed by atoms with van der Waals surface area (Å²) in [5.74, 6) is 0.620. The predicted molar refractivity (Wildman–Crippen MR) is 74.6 cm³/mol. The second-order valence-electron chi connectivity index (χ2n) is 6.38. The van der Waals surface area contributed by atoms with Gasteiger partial charge in [0.1, 0.15) is 6.10 Å². The maximum atomic E-state index is 11.3. The molecule has 110 valence electrons. The van der Waals surface area contributed by atoms with Crippen LogP contribution in [0.1, 0.15) is 50.5 Å². The van der Waals surface area contributed by atoms with Gasteiger partial charge < -0.3 is 9.47 Å². The smallest absolute Gasteiger partial charge is 0.358 e. The van der Waals surface area contributed by atoms with Crippen LogP contribution in [0, 0.1) is 11.3 Å². The van der Waals surface area contributed by atoms with Gasteiger partial charge in [-0.15, -0.1) is 0 Å².